The first-order chi connectivity index (χ1) is 13.0. The van der Waals surface area contributed by atoms with E-state index < -0.39 is 5.97 Å². The zero-order valence-electron chi connectivity index (χ0n) is 15.3. The standard InChI is InChI=1S/C20H22N4O3/c1-3-4-7-27-20(26)17-9-13-8-15(11-22-18(13)24-17)23-19(25)16-10-14(21)6-5-12(16)2/h5-6,8-11H,3-4,7,21H2,1-2H3,(H,22,24)(H,23,25). The van der Waals surface area contributed by atoms with Crippen LogP contribution in [0.5, 0.6) is 0 Å². The highest BCUT2D eigenvalue weighted by molar-refractivity contribution is 6.06. The maximum absolute atomic E-state index is 12.5. The van der Waals surface area contributed by atoms with Gasteiger partial charge in [0.15, 0.2) is 0 Å². The number of hydrogen-bond acceptors (Lipinski definition) is 5. The van der Waals surface area contributed by atoms with Gasteiger partial charge in [-0.15, -0.1) is 0 Å². The molecule has 0 aliphatic heterocycles. The number of amides is 1. The van der Waals surface area contributed by atoms with E-state index in [4.69, 9.17) is 10.5 Å². The van der Waals surface area contributed by atoms with E-state index in [1.807, 2.05) is 13.8 Å². The van der Waals surface area contributed by atoms with Gasteiger partial charge in [0.2, 0.25) is 0 Å². The van der Waals surface area contributed by atoms with Crippen LogP contribution in [-0.4, -0.2) is 28.5 Å². The van der Waals surface area contributed by atoms with Gasteiger partial charge in [-0.05, 0) is 43.2 Å². The van der Waals surface area contributed by atoms with Crippen molar-refractivity contribution in [2.24, 2.45) is 0 Å². The fourth-order valence-electron chi connectivity index (χ4n) is 2.66. The number of pyridine rings is 1. The molecule has 0 atom stereocenters. The molecule has 0 aliphatic carbocycles. The minimum absolute atomic E-state index is 0.268. The third-order valence-electron chi connectivity index (χ3n) is 4.19. The van der Waals surface area contributed by atoms with Crippen LogP contribution < -0.4 is 11.1 Å². The van der Waals surface area contributed by atoms with E-state index in [9.17, 15) is 9.59 Å². The summed E-state index contributed by atoms with van der Waals surface area (Å²) in [5.74, 6) is -0.682. The number of H-pyrrole nitrogens is 1. The fraction of sp³-hybridized carbons (Fsp3) is 0.250. The largest absolute Gasteiger partial charge is 0.461 e. The van der Waals surface area contributed by atoms with Crippen molar-refractivity contribution in [3.05, 3.63) is 53.3 Å². The molecule has 0 fully saturated rings. The zero-order valence-corrected chi connectivity index (χ0v) is 15.3. The lowest BCUT2D eigenvalue weighted by Gasteiger charge is -2.08. The number of hydrogen-bond donors (Lipinski definition) is 3. The second-order valence-corrected chi connectivity index (χ2v) is 6.36. The topological polar surface area (TPSA) is 110 Å². The molecule has 0 aliphatic rings. The highest BCUT2D eigenvalue weighted by atomic mass is 16.5. The number of nitrogen functional groups attached to an aromatic ring is 1. The van der Waals surface area contributed by atoms with Crippen LogP contribution >= 0.6 is 0 Å². The highest BCUT2D eigenvalue weighted by Gasteiger charge is 2.14. The number of fused-ring (bicyclic) bond motifs is 1. The van der Waals surface area contributed by atoms with E-state index in [1.54, 1.807) is 30.3 Å². The van der Waals surface area contributed by atoms with E-state index in [0.717, 1.165) is 18.4 Å². The lowest BCUT2D eigenvalue weighted by molar-refractivity contribution is 0.0494. The second-order valence-electron chi connectivity index (χ2n) is 6.36. The highest BCUT2D eigenvalue weighted by Crippen LogP contribution is 2.20. The molecule has 0 saturated heterocycles. The monoisotopic (exact) mass is 366 g/mol. The van der Waals surface area contributed by atoms with Crippen molar-refractivity contribution in [1.29, 1.82) is 0 Å². The van der Waals surface area contributed by atoms with E-state index >= 15 is 0 Å². The van der Waals surface area contributed by atoms with E-state index in [1.165, 1.54) is 6.20 Å². The number of aromatic amines is 1. The molecule has 0 bridgehead atoms. The van der Waals surface area contributed by atoms with Gasteiger partial charge >= 0.3 is 5.97 Å². The molecule has 140 valence electrons. The van der Waals surface area contributed by atoms with Crippen molar-refractivity contribution >= 4 is 34.3 Å². The van der Waals surface area contributed by atoms with Crippen molar-refractivity contribution in [1.82, 2.24) is 9.97 Å². The van der Waals surface area contributed by atoms with Gasteiger partial charge in [0.05, 0.1) is 18.5 Å². The Morgan fingerprint density at radius 2 is 2.07 bits per heavy atom. The quantitative estimate of drug-likeness (QED) is 0.350. The first-order valence-electron chi connectivity index (χ1n) is 8.81. The third kappa shape index (κ3) is 4.25. The molecular formula is C20H22N4O3. The summed E-state index contributed by atoms with van der Waals surface area (Å²) in [7, 11) is 0. The fourth-order valence-corrected chi connectivity index (χ4v) is 2.66. The smallest absolute Gasteiger partial charge is 0.354 e. The minimum Gasteiger partial charge on any atom is -0.461 e. The first-order valence-corrected chi connectivity index (χ1v) is 8.81. The normalized spacial score (nSPS) is 10.7. The number of carbonyl (C=O) groups excluding carboxylic acids is 2. The van der Waals surface area contributed by atoms with Crippen LogP contribution in [0.2, 0.25) is 0 Å². The van der Waals surface area contributed by atoms with Crippen molar-refractivity contribution in [2.75, 3.05) is 17.7 Å². The molecule has 1 aromatic carbocycles. The van der Waals surface area contributed by atoms with Gasteiger partial charge < -0.3 is 20.8 Å². The number of nitrogens with one attached hydrogen (secondary N) is 2. The first kappa shape index (κ1) is 18.4. The van der Waals surface area contributed by atoms with Gasteiger partial charge in [-0.3, -0.25) is 4.79 Å². The number of aromatic nitrogens is 2. The van der Waals surface area contributed by atoms with Crippen molar-refractivity contribution in [3.8, 4) is 0 Å². The summed E-state index contributed by atoms with van der Waals surface area (Å²) in [6.45, 7) is 4.26. The SMILES string of the molecule is CCCCOC(=O)c1cc2cc(NC(=O)c3cc(N)ccc3C)cnc2[nH]1. The van der Waals surface area contributed by atoms with Crippen LogP contribution in [0.3, 0.4) is 0 Å². The molecule has 0 radical (unpaired) electrons. The van der Waals surface area contributed by atoms with Gasteiger partial charge in [0, 0.05) is 16.6 Å². The Morgan fingerprint density at radius 3 is 2.85 bits per heavy atom. The number of nitrogens with zero attached hydrogens (tertiary/aromatic N) is 1. The van der Waals surface area contributed by atoms with E-state index in [0.29, 0.717) is 40.3 Å². The number of esters is 1. The molecule has 0 unspecified atom stereocenters. The van der Waals surface area contributed by atoms with Gasteiger partial charge in [0.1, 0.15) is 11.3 Å². The van der Waals surface area contributed by atoms with Crippen molar-refractivity contribution in [2.45, 2.75) is 26.7 Å². The summed E-state index contributed by atoms with van der Waals surface area (Å²) in [5.41, 5.74) is 9.04. The summed E-state index contributed by atoms with van der Waals surface area (Å²) in [6, 6.07) is 8.60. The molecule has 0 saturated carbocycles. The molecule has 0 spiro atoms. The molecule has 3 aromatic rings. The predicted molar refractivity (Wildman–Crippen MR) is 105 cm³/mol. The van der Waals surface area contributed by atoms with Crippen LogP contribution in [0.15, 0.2) is 36.5 Å². The maximum atomic E-state index is 12.5. The summed E-state index contributed by atoms with van der Waals surface area (Å²) in [4.78, 5) is 31.8. The number of benzene rings is 1. The molecule has 27 heavy (non-hydrogen) atoms. The molecule has 4 N–H and O–H groups in total. The van der Waals surface area contributed by atoms with Gasteiger partial charge in [-0.1, -0.05) is 19.4 Å². The lowest BCUT2D eigenvalue weighted by atomic mass is 10.1. The molecule has 2 aromatic heterocycles. The van der Waals surface area contributed by atoms with Gasteiger partial charge in [-0.25, -0.2) is 9.78 Å². The second kappa shape index (κ2) is 7.90. The molecule has 7 nitrogen and oxygen atoms in total. The number of carbonyl (C=O) groups is 2. The Balaban J connectivity index is 1.77. The molecule has 2 heterocycles. The average Bonchev–Trinajstić information content (AvgIpc) is 3.07. The van der Waals surface area contributed by atoms with Crippen molar-refractivity contribution < 1.29 is 14.3 Å². The molecule has 1 amide bonds. The third-order valence-corrected chi connectivity index (χ3v) is 4.19. The Bertz CT molecular complexity index is 994. The molecule has 7 heteroatoms. The van der Waals surface area contributed by atoms with Gasteiger partial charge in [0.25, 0.3) is 5.91 Å². The minimum atomic E-state index is -0.414. The van der Waals surface area contributed by atoms with E-state index in [-0.39, 0.29) is 5.91 Å². The molecule has 3 rings (SSSR count). The number of unbranched alkanes of at least 4 members (excludes halogenated alkanes) is 1. The molecular weight excluding hydrogens is 344 g/mol. The van der Waals surface area contributed by atoms with Crippen LogP contribution in [0.1, 0.15) is 46.2 Å². The summed E-state index contributed by atoms with van der Waals surface area (Å²) in [5, 5.41) is 3.52. The number of aryl methyl sites for hydroxylation is 1. The maximum Gasteiger partial charge on any atom is 0.354 e. The number of anilines is 2. The summed E-state index contributed by atoms with van der Waals surface area (Å²) in [6.07, 6.45) is 3.31. The summed E-state index contributed by atoms with van der Waals surface area (Å²) >= 11 is 0. The van der Waals surface area contributed by atoms with Crippen LogP contribution in [0, 0.1) is 6.92 Å². The Hall–Kier alpha value is -3.35. The zero-order chi connectivity index (χ0) is 19.4. The lowest BCUT2D eigenvalue weighted by Crippen LogP contribution is -2.13. The van der Waals surface area contributed by atoms with Crippen molar-refractivity contribution in [3.63, 3.8) is 0 Å². The Labute approximate surface area is 156 Å². The number of rotatable bonds is 6. The van der Waals surface area contributed by atoms with Crippen LogP contribution in [0.25, 0.3) is 11.0 Å². The Kier molecular flexibility index (Phi) is 5.40. The Morgan fingerprint density at radius 1 is 1.26 bits per heavy atom. The number of ether oxygens (including phenoxy) is 1. The number of nitrogens with two attached hydrogens (primary N) is 1. The van der Waals surface area contributed by atoms with Crippen LogP contribution in [0.4, 0.5) is 11.4 Å². The van der Waals surface area contributed by atoms with Gasteiger partial charge in [-0.2, -0.15) is 0 Å². The summed E-state index contributed by atoms with van der Waals surface area (Å²) < 4.78 is 5.20. The predicted octanol–water partition coefficient (Wildman–Crippen LogP) is 3.66. The average molecular weight is 366 g/mol. The van der Waals surface area contributed by atoms with E-state index in [2.05, 4.69) is 15.3 Å². The van der Waals surface area contributed by atoms with Crippen LogP contribution in [-0.2, 0) is 4.74 Å².